The first-order valence-electron chi connectivity index (χ1n) is 8.94. The van der Waals surface area contributed by atoms with Gasteiger partial charge < -0.3 is 15.7 Å². The average molecular weight is 368 g/mol. The summed E-state index contributed by atoms with van der Waals surface area (Å²) in [6.07, 6.45) is 0.952. The van der Waals surface area contributed by atoms with Gasteiger partial charge in [0.2, 0.25) is 5.91 Å². The van der Waals surface area contributed by atoms with Gasteiger partial charge in [-0.05, 0) is 24.1 Å². The van der Waals surface area contributed by atoms with Crippen molar-refractivity contribution in [2.45, 2.75) is 38.3 Å². The predicted octanol–water partition coefficient (Wildman–Crippen LogP) is 2.92. The largest absolute Gasteiger partial charge is 0.480 e. The molecule has 0 heterocycles. The van der Waals surface area contributed by atoms with Crippen molar-refractivity contribution in [1.29, 1.82) is 0 Å². The van der Waals surface area contributed by atoms with Gasteiger partial charge in [-0.25, -0.2) is 4.79 Å². The molecule has 2 rings (SSSR count). The molecule has 2 atom stereocenters. The van der Waals surface area contributed by atoms with Crippen molar-refractivity contribution in [3.05, 3.63) is 71.8 Å². The third kappa shape index (κ3) is 6.26. The third-order valence-electron chi connectivity index (χ3n) is 4.14. The Labute approximate surface area is 158 Å². The number of hydrogen-bond donors (Lipinski definition) is 3. The Hall–Kier alpha value is -3.15. The summed E-state index contributed by atoms with van der Waals surface area (Å²) in [5, 5.41) is 14.6. The molecule has 0 saturated heterocycles. The van der Waals surface area contributed by atoms with E-state index in [1.54, 1.807) is 24.3 Å². The standard InChI is InChI=1S/C21H24N2O4/c1-2-9-17(21(26)27)22-19(24)14-18(15-10-5-3-6-11-15)23-20(25)16-12-7-4-8-13-16/h3-8,10-13,17-18H,2,9,14H2,1H3,(H,22,24)(H,23,25)(H,26,27)/t17-,18+/m0/s1. The topological polar surface area (TPSA) is 95.5 Å². The minimum Gasteiger partial charge on any atom is -0.480 e. The first-order valence-corrected chi connectivity index (χ1v) is 8.94. The molecule has 2 aromatic carbocycles. The number of carboxylic acids is 1. The second-order valence-corrected chi connectivity index (χ2v) is 6.25. The van der Waals surface area contributed by atoms with Crippen molar-refractivity contribution >= 4 is 17.8 Å². The quantitative estimate of drug-likeness (QED) is 0.634. The summed E-state index contributed by atoms with van der Waals surface area (Å²) in [6, 6.07) is 16.4. The molecule has 2 aromatic rings. The molecular formula is C21H24N2O4. The fourth-order valence-corrected chi connectivity index (χ4v) is 2.75. The van der Waals surface area contributed by atoms with E-state index in [-0.39, 0.29) is 12.3 Å². The van der Waals surface area contributed by atoms with E-state index in [1.807, 2.05) is 43.3 Å². The smallest absolute Gasteiger partial charge is 0.326 e. The zero-order chi connectivity index (χ0) is 19.6. The second kappa shape index (κ2) is 10.1. The molecule has 0 spiro atoms. The Morgan fingerprint density at radius 3 is 2.07 bits per heavy atom. The molecule has 0 aromatic heterocycles. The first-order chi connectivity index (χ1) is 13.0. The van der Waals surface area contributed by atoms with Crippen molar-refractivity contribution in [2.24, 2.45) is 0 Å². The van der Waals surface area contributed by atoms with Crippen molar-refractivity contribution in [3.63, 3.8) is 0 Å². The lowest BCUT2D eigenvalue weighted by Gasteiger charge is -2.21. The summed E-state index contributed by atoms with van der Waals surface area (Å²) >= 11 is 0. The molecule has 0 bridgehead atoms. The monoisotopic (exact) mass is 368 g/mol. The molecule has 6 heteroatoms. The van der Waals surface area contributed by atoms with E-state index in [4.69, 9.17) is 0 Å². The maximum Gasteiger partial charge on any atom is 0.326 e. The number of benzene rings is 2. The van der Waals surface area contributed by atoms with Crippen LogP contribution in [0.25, 0.3) is 0 Å². The van der Waals surface area contributed by atoms with Crippen LogP contribution in [-0.4, -0.2) is 28.9 Å². The molecule has 0 aliphatic carbocycles. The summed E-state index contributed by atoms with van der Waals surface area (Å²) in [5.74, 6) is -1.77. The minimum absolute atomic E-state index is 0.0456. The highest BCUT2D eigenvalue weighted by atomic mass is 16.4. The van der Waals surface area contributed by atoms with Gasteiger partial charge in [-0.1, -0.05) is 61.9 Å². The summed E-state index contributed by atoms with van der Waals surface area (Å²) in [6.45, 7) is 1.86. The summed E-state index contributed by atoms with van der Waals surface area (Å²) in [7, 11) is 0. The molecule has 0 unspecified atom stereocenters. The lowest BCUT2D eigenvalue weighted by atomic mass is 10.0. The summed E-state index contributed by atoms with van der Waals surface area (Å²) in [4.78, 5) is 36.2. The van der Waals surface area contributed by atoms with E-state index in [0.717, 1.165) is 5.56 Å². The maximum absolute atomic E-state index is 12.5. The Morgan fingerprint density at radius 1 is 0.926 bits per heavy atom. The van der Waals surface area contributed by atoms with Gasteiger partial charge >= 0.3 is 5.97 Å². The number of hydrogen-bond acceptors (Lipinski definition) is 3. The Morgan fingerprint density at radius 2 is 1.52 bits per heavy atom. The number of carboxylic acid groups (broad SMARTS) is 1. The van der Waals surface area contributed by atoms with Gasteiger partial charge in [0.15, 0.2) is 0 Å². The molecular weight excluding hydrogens is 344 g/mol. The molecule has 0 aliphatic rings. The highest BCUT2D eigenvalue weighted by Crippen LogP contribution is 2.18. The van der Waals surface area contributed by atoms with Gasteiger partial charge in [-0.3, -0.25) is 9.59 Å². The zero-order valence-corrected chi connectivity index (χ0v) is 15.2. The number of rotatable bonds is 9. The van der Waals surface area contributed by atoms with E-state index in [1.165, 1.54) is 0 Å². The highest BCUT2D eigenvalue weighted by Gasteiger charge is 2.23. The molecule has 142 valence electrons. The van der Waals surface area contributed by atoms with Gasteiger partial charge in [0, 0.05) is 5.56 Å². The average Bonchev–Trinajstić information content (AvgIpc) is 2.68. The molecule has 2 amide bonds. The highest BCUT2D eigenvalue weighted by molar-refractivity contribution is 5.94. The Kier molecular flexibility index (Phi) is 7.55. The fourth-order valence-electron chi connectivity index (χ4n) is 2.75. The maximum atomic E-state index is 12.5. The fraction of sp³-hybridized carbons (Fsp3) is 0.286. The lowest BCUT2D eigenvalue weighted by Crippen LogP contribution is -2.42. The van der Waals surface area contributed by atoms with Crippen LogP contribution in [0.2, 0.25) is 0 Å². The molecule has 0 aliphatic heterocycles. The Balaban J connectivity index is 2.12. The number of amides is 2. The van der Waals surface area contributed by atoms with Crippen LogP contribution in [-0.2, 0) is 9.59 Å². The molecule has 27 heavy (non-hydrogen) atoms. The van der Waals surface area contributed by atoms with Gasteiger partial charge in [0.05, 0.1) is 12.5 Å². The first kappa shape index (κ1) is 20.2. The SMILES string of the molecule is CCC[C@H](NC(=O)C[C@@H](NC(=O)c1ccccc1)c1ccccc1)C(=O)O. The van der Waals surface area contributed by atoms with Crippen LogP contribution < -0.4 is 10.6 Å². The van der Waals surface area contributed by atoms with Crippen LogP contribution in [0.4, 0.5) is 0 Å². The van der Waals surface area contributed by atoms with Crippen molar-refractivity contribution < 1.29 is 19.5 Å². The van der Waals surface area contributed by atoms with E-state index in [0.29, 0.717) is 18.4 Å². The summed E-state index contributed by atoms with van der Waals surface area (Å²) < 4.78 is 0. The predicted molar refractivity (Wildman–Crippen MR) is 102 cm³/mol. The van der Waals surface area contributed by atoms with Gasteiger partial charge in [0.1, 0.15) is 6.04 Å². The van der Waals surface area contributed by atoms with Crippen molar-refractivity contribution in [3.8, 4) is 0 Å². The second-order valence-electron chi connectivity index (χ2n) is 6.25. The van der Waals surface area contributed by atoms with E-state index in [2.05, 4.69) is 10.6 Å². The minimum atomic E-state index is -1.06. The molecule has 0 saturated carbocycles. The van der Waals surface area contributed by atoms with Gasteiger partial charge in [0.25, 0.3) is 5.91 Å². The van der Waals surface area contributed by atoms with Crippen LogP contribution in [0.1, 0.15) is 48.1 Å². The number of nitrogens with one attached hydrogen (secondary N) is 2. The van der Waals surface area contributed by atoms with Gasteiger partial charge in [-0.15, -0.1) is 0 Å². The van der Waals surface area contributed by atoms with E-state index < -0.39 is 24.0 Å². The number of carbonyl (C=O) groups is 3. The van der Waals surface area contributed by atoms with Crippen LogP contribution >= 0.6 is 0 Å². The van der Waals surface area contributed by atoms with E-state index in [9.17, 15) is 19.5 Å². The Bertz CT molecular complexity index is 762. The lowest BCUT2D eigenvalue weighted by molar-refractivity contribution is -0.142. The van der Waals surface area contributed by atoms with Crippen LogP contribution in [0.15, 0.2) is 60.7 Å². The van der Waals surface area contributed by atoms with Gasteiger partial charge in [-0.2, -0.15) is 0 Å². The van der Waals surface area contributed by atoms with Crippen LogP contribution in [0.3, 0.4) is 0 Å². The number of aliphatic carboxylic acids is 1. The molecule has 6 nitrogen and oxygen atoms in total. The van der Waals surface area contributed by atoms with E-state index >= 15 is 0 Å². The molecule has 3 N–H and O–H groups in total. The summed E-state index contributed by atoms with van der Waals surface area (Å²) in [5.41, 5.74) is 1.27. The van der Waals surface area contributed by atoms with Crippen LogP contribution in [0, 0.1) is 0 Å². The molecule has 0 fully saturated rings. The zero-order valence-electron chi connectivity index (χ0n) is 15.2. The molecule has 0 radical (unpaired) electrons. The number of carbonyl (C=O) groups excluding carboxylic acids is 2. The third-order valence-corrected chi connectivity index (χ3v) is 4.14. The van der Waals surface area contributed by atoms with Crippen molar-refractivity contribution in [1.82, 2.24) is 10.6 Å². The normalized spacial score (nSPS) is 12.6. The van der Waals surface area contributed by atoms with Crippen molar-refractivity contribution in [2.75, 3.05) is 0 Å². The van der Waals surface area contributed by atoms with Crippen LogP contribution in [0.5, 0.6) is 0 Å².